The van der Waals surface area contributed by atoms with E-state index in [0.717, 1.165) is 34.0 Å². The molecule has 0 aromatic heterocycles. The predicted molar refractivity (Wildman–Crippen MR) is 85.6 cm³/mol. The van der Waals surface area contributed by atoms with Gasteiger partial charge in [-0.3, -0.25) is 4.79 Å². The molecule has 0 radical (unpaired) electrons. The van der Waals surface area contributed by atoms with Crippen LogP contribution >= 0.6 is 11.8 Å². The summed E-state index contributed by atoms with van der Waals surface area (Å²) >= 11 is 1.14. The number of amides is 1. The second-order valence-electron chi connectivity index (χ2n) is 4.93. The van der Waals surface area contributed by atoms with E-state index in [2.05, 4.69) is 0 Å². The van der Waals surface area contributed by atoms with Crippen LogP contribution in [0.1, 0.15) is 5.56 Å². The van der Waals surface area contributed by atoms with Crippen LogP contribution < -0.4 is 4.90 Å². The van der Waals surface area contributed by atoms with Crippen molar-refractivity contribution < 1.29 is 19.1 Å². The van der Waals surface area contributed by atoms with Crippen LogP contribution in [0.5, 0.6) is 0 Å². The molecule has 0 atom stereocenters. The fraction of sp³-hybridized carbons (Fsp3) is 0.0588. The molecule has 0 spiro atoms. The summed E-state index contributed by atoms with van der Waals surface area (Å²) in [5, 5.41) is 8.94. The summed E-state index contributed by atoms with van der Waals surface area (Å²) in [4.78, 5) is 26.0. The molecule has 116 valence electrons. The van der Waals surface area contributed by atoms with E-state index >= 15 is 0 Å². The van der Waals surface area contributed by atoms with Gasteiger partial charge >= 0.3 is 5.97 Å². The van der Waals surface area contributed by atoms with Gasteiger partial charge in [-0.15, -0.1) is 0 Å². The molecule has 23 heavy (non-hydrogen) atoms. The number of hydrogen-bond donors (Lipinski definition) is 1. The maximum absolute atomic E-state index is 13.0. The van der Waals surface area contributed by atoms with Crippen LogP contribution in [0.15, 0.2) is 64.4 Å². The zero-order valence-electron chi connectivity index (χ0n) is 11.9. The molecule has 6 heteroatoms. The second kappa shape index (κ2) is 6.26. The van der Waals surface area contributed by atoms with Crippen molar-refractivity contribution in [3.05, 3.63) is 70.9 Å². The molecule has 3 rings (SSSR count). The first-order chi connectivity index (χ1) is 11.0. The number of rotatable bonds is 3. The SMILES string of the molecule is O=C(O)C=C1Sc2ccccc2N(Cc2ccc(F)cc2)C1=O. The van der Waals surface area contributed by atoms with Crippen molar-refractivity contribution in [2.75, 3.05) is 4.90 Å². The molecule has 2 aromatic carbocycles. The van der Waals surface area contributed by atoms with E-state index in [1.807, 2.05) is 18.2 Å². The lowest BCUT2D eigenvalue weighted by Gasteiger charge is -2.30. The van der Waals surface area contributed by atoms with E-state index in [0.29, 0.717) is 0 Å². The summed E-state index contributed by atoms with van der Waals surface area (Å²) in [5.74, 6) is -1.89. The van der Waals surface area contributed by atoms with Crippen molar-refractivity contribution in [1.29, 1.82) is 0 Å². The summed E-state index contributed by atoms with van der Waals surface area (Å²) < 4.78 is 13.0. The summed E-state index contributed by atoms with van der Waals surface area (Å²) in [6, 6.07) is 13.2. The molecule has 0 saturated heterocycles. The van der Waals surface area contributed by atoms with Gasteiger partial charge in [-0.05, 0) is 29.8 Å². The average molecular weight is 329 g/mol. The molecule has 0 saturated carbocycles. The predicted octanol–water partition coefficient (Wildman–Crippen LogP) is 3.43. The molecule has 4 nitrogen and oxygen atoms in total. The number of fused-ring (bicyclic) bond motifs is 1. The normalized spacial score (nSPS) is 15.6. The highest BCUT2D eigenvalue weighted by Crippen LogP contribution is 2.41. The van der Waals surface area contributed by atoms with Gasteiger partial charge in [0.25, 0.3) is 5.91 Å². The van der Waals surface area contributed by atoms with Gasteiger partial charge in [0, 0.05) is 11.0 Å². The van der Waals surface area contributed by atoms with E-state index < -0.39 is 5.97 Å². The van der Waals surface area contributed by atoms with Crippen LogP contribution in [0.3, 0.4) is 0 Å². The molecule has 0 bridgehead atoms. The van der Waals surface area contributed by atoms with Crippen molar-refractivity contribution in [1.82, 2.24) is 0 Å². The lowest BCUT2D eigenvalue weighted by atomic mass is 10.1. The first-order valence-corrected chi connectivity index (χ1v) is 7.64. The number of carboxylic acid groups (broad SMARTS) is 1. The first kappa shape index (κ1) is 15.3. The first-order valence-electron chi connectivity index (χ1n) is 6.82. The molecule has 1 N–H and O–H groups in total. The van der Waals surface area contributed by atoms with Gasteiger partial charge in [0.1, 0.15) is 5.82 Å². The van der Waals surface area contributed by atoms with Crippen LogP contribution in [0.2, 0.25) is 0 Å². The molecule has 0 aliphatic carbocycles. The molecular weight excluding hydrogens is 317 g/mol. The lowest BCUT2D eigenvalue weighted by Crippen LogP contribution is -2.34. The van der Waals surface area contributed by atoms with Gasteiger partial charge in [0.2, 0.25) is 0 Å². The zero-order chi connectivity index (χ0) is 16.4. The third-order valence-electron chi connectivity index (χ3n) is 3.34. The van der Waals surface area contributed by atoms with E-state index in [-0.39, 0.29) is 23.2 Å². The van der Waals surface area contributed by atoms with Gasteiger partial charge in [-0.2, -0.15) is 0 Å². The van der Waals surface area contributed by atoms with Gasteiger partial charge in [0.15, 0.2) is 0 Å². The van der Waals surface area contributed by atoms with E-state index in [1.165, 1.54) is 17.0 Å². The molecule has 2 aromatic rings. The Balaban J connectivity index is 2.00. The molecule has 0 fully saturated rings. The number of thioether (sulfide) groups is 1. The third-order valence-corrected chi connectivity index (χ3v) is 4.42. The number of para-hydroxylation sites is 1. The number of hydrogen-bond acceptors (Lipinski definition) is 3. The van der Waals surface area contributed by atoms with Crippen LogP contribution in [0.25, 0.3) is 0 Å². The Morgan fingerprint density at radius 1 is 1.17 bits per heavy atom. The third kappa shape index (κ3) is 3.27. The lowest BCUT2D eigenvalue weighted by molar-refractivity contribution is -0.131. The minimum Gasteiger partial charge on any atom is -0.478 e. The topological polar surface area (TPSA) is 57.6 Å². The smallest absolute Gasteiger partial charge is 0.329 e. The minimum absolute atomic E-state index is 0.151. The Bertz CT molecular complexity index is 802. The highest BCUT2D eigenvalue weighted by molar-refractivity contribution is 8.04. The monoisotopic (exact) mass is 329 g/mol. The molecule has 0 unspecified atom stereocenters. The van der Waals surface area contributed by atoms with E-state index in [1.54, 1.807) is 18.2 Å². The van der Waals surface area contributed by atoms with Crippen LogP contribution in [-0.2, 0) is 16.1 Å². The summed E-state index contributed by atoms with van der Waals surface area (Å²) in [5.41, 5.74) is 1.48. The van der Waals surface area contributed by atoms with Gasteiger partial charge in [-0.1, -0.05) is 36.0 Å². The number of benzene rings is 2. The summed E-state index contributed by atoms with van der Waals surface area (Å²) in [7, 11) is 0. The Morgan fingerprint density at radius 2 is 1.87 bits per heavy atom. The van der Waals surface area contributed by atoms with E-state index in [4.69, 9.17) is 5.11 Å². The van der Waals surface area contributed by atoms with Crippen molar-refractivity contribution in [2.45, 2.75) is 11.4 Å². The highest BCUT2D eigenvalue weighted by Gasteiger charge is 2.29. The molecule has 1 amide bonds. The van der Waals surface area contributed by atoms with Crippen LogP contribution in [0.4, 0.5) is 10.1 Å². The Morgan fingerprint density at radius 3 is 2.57 bits per heavy atom. The second-order valence-corrected chi connectivity index (χ2v) is 6.02. The average Bonchev–Trinajstić information content (AvgIpc) is 2.53. The van der Waals surface area contributed by atoms with Crippen LogP contribution in [0, 0.1) is 5.82 Å². The van der Waals surface area contributed by atoms with Gasteiger partial charge < -0.3 is 10.0 Å². The Hall–Kier alpha value is -2.60. The number of carbonyl (C=O) groups is 2. The maximum Gasteiger partial charge on any atom is 0.329 e. The van der Waals surface area contributed by atoms with Crippen molar-refractivity contribution in [3.8, 4) is 0 Å². The Kier molecular flexibility index (Phi) is 4.16. The largest absolute Gasteiger partial charge is 0.478 e. The number of nitrogens with zero attached hydrogens (tertiary/aromatic N) is 1. The maximum atomic E-state index is 13.0. The standard InChI is InChI=1S/C17H12FNO3S/c18-12-7-5-11(6-8-12)10-19-13-3-1-2-4-14(13)23-15(17(19)22)9-16(20)21/h1-9H,10H2,(H,20,21). The number of halogens is 1. The molecule has 1 heterocycles. The molecule has 1 aliphatic rings. The zero-order valence-corrected chi connectivity index (χ0v) is 12.7. The van der Waals surface area contributed by atoms with Crippen molar-refractivity contribution >= 4 is 29.3 Å². The fourth-order valence-electron chi connectivity index (χ4n) is 2.30. The Labute approximate surface area is 136 Å². The van der Waals surface area contributed by atoms with Crippen LogP contribution in [-0.4, -0.2) is 17.0 Å². The van der Waals surface area contributed by atoms with E-state index in [9.17, 15) is 14.0 Å². The number of carbonyl (C=O) groups excluding carboxylic acids is 1. The minimum atomic E-state index is -1.16. The summed E-state index contributed by atoms with van der Waals surface area (Å²) in [6.45, 7) is 0.244. The molecule has 1 aliphatic heterocycles. The van der Waals surface area contributed by atoms with Gasteiger partial charge in [-0.25, -0.2) is 9.18 Å². The quantitative estimate of drug-likeness (QED) is 0.877. The van der Waals surface area contributed by atoms with Gasteiger partial charge in [0.05, 0.1) is 17.1 Å². The number of aliphatic carboxylic acids is 1. The fourth-order valence-corrected chi connectivity index (χ4v) is 3.33. The number of anilines is 1. The summed E-state index contributed by atoms with van der Waals surface area (Å²) in [6.07, 6.45) is 0.917. The highest BCUT2D eigenvalue weighted by atomic mass is 32.2. The molecular formula is C17H12FNO3S. The van der Waals surface area contributed by atoms with Crippen molar-refractivity contribution in [3.63, 3.8) is 0 Å². The van der Waals surface area contributed by atoms with Crippen molar-refractivity contribution in [2.24, 2.45) is 0 Å². The number of carboxylic acids is 1.